The van der Waals surface area contributed by atoms with E-state index < -0.39 is 17.2 Å². The van der Waals surface area contributed by atoms with Gasteiger partial charge in [-0.15, -0.1) is 11.3 Å². The number of rotatable bonds is 1. The van der Waals surface area contributed by atoms with Crippen molar-refractivity contribution in [2.45, 2.75) is 31.9 Å². The summed E-state index contributed by atoms with van der Waals surface area (Å²) in [4.78, 5) is 34.4. The number of ether oxygens (including phenoxy) is 1. The SMILES string of the molecule is CN1C[C@H]2C(=O)N(C)C(NC(=O)OC(C)(C)C)=N[C@@]2(c2ccc(Cl)s2)C1. The third-order valence-corrected chi connectivity index (χ3v) is 5.84. The van der Waals surface area contributed by atoms with Gasteiger partial charge in [0.2, 0.25) is 11.9 Å². The zero-order chi connectivity index (χ0) is 19.3. The Morgan fingerprint density at radius 1 is 1.42 bits per heavy atom. The predicted octanol–water partition coefficient (Wildman–Crippen LogP) is 2.51. The minimum absolute atomic E-state index is 0.0834. The standard InChI is InChI=1S/C17H23ClN4O3S/c1-16(2,3)25-15(24)19-14-20-17(11-6-7-12(18)26-11)9-21(4)8-10(17)13(23)22(14)5/h6-7,10H,8-9H2,1-5H3,(H,19,20,24)/t10-,17-/m0/s1. The van der Waals surface area contributed by atoms with Crippen molar-refractivity contribution >= 4 is 40.9 Å². The Morgan fingerprint density at radius 3 is 2.69 bits per heavy atom. The summed E-state index contributed by atoms with van der Waals surface area (Å²) in [6.07, 6.45) is -0.639. The van der Waals surface area contributed by atoms with Crippen molar-refractivity contribution < 1.29 is 14.3 Å². The maximum Gasteiger partial charge on any atom is 0.414 e. The van der Waals surface area contributed by atoms with Crippen molar-refractivity contribution in [3.8, 4) is 0 Å². The molecule has 2 atom stereocenters. The van der Waals surface area contributed by atoms with Crippen LogP contribution < -0.4 is 5.32 Å². The molecule has 3 rings (SSSR count). The van der Waals surface area contributed by atoms with Crippen molar-refractivity contribution in [3.63, 3.8) is 0 Å². The number of carbonyl (C=O) groups is 2. The number of nitrogens with zero attached hydrogens (tertiary/aromatic N) is 3. The molecule has 0 unspecified atom stereocenters. The van der Waals surface area contributed by atoms with Crippen LogP contribution >= 0.6 is 22.9 Å². The van der Waals surface area contributed by atoms with E-state index >= 15 is 0 Å². The van der Waals surface area contributed by atoms with Crippen LogP contribution in [-0.4, -0.2) is 60.5 Å². The van der Waals surface area contributed by atoms with Gasteiger partial charge in [0, 0.05) is 25.0 Å². The number of hydrogen-bond donors (Lipinski definition) is 1. The van der Waals surface area contributed by atoms with Gasteiger partial charge in [0.15, 0.2) is 0 Å². The summed E-state index contributed by atoms with van der Waals surface area (Å²) in [6.45, 7) is 6.51. The number of nitrogens with one attached hydrogen (secondary N) is 1. The molecule has 0 bridgehead atoms. The van der Waals surface area contributed by atoms with Crippen LogP contribution in [0.5, 0.6) is 0 Å². The Bertz CT molecular complexity index is 772. The van der Waals surface area contributed by atoms with E-state index in [4.69, 9.17) is 21.3 Å². The van der Waals surface area contributed by atoms with E-state index in [0.29, 0.717) is 17.4 Å². The van der Waals surface area contributed by atoms with Gasteiger partial charge in [0.1, 0.15) is 11.1 Å². The molecule has 2 aliphatic rings. The molecule has 2 amide bonds. The summed E-state index contributed by atoms with van der Waals surface area (Å²) in [5.41, 5.74) is -1.39. The van der Waals surface area contributed by atoms with Crippen LogP contribution in [0.15, 0.2) is 17.1 Å². The molecule has 0 aromatic carbocycles. The van der Waals surface area contributed by atoms with Crippen LogP contribution in [0.3, 0.4) is 0 Å². The normalized spacial score (nSPS) is 26.5. The fourth-order valence-corrected chi connectivity index (χ4v) is 4.63. The molecule has 1 N–H and O–H groups in total. The number of fused-ring (bicyclic) bond motifs is 1. The van der Waals surface area contributed by atoms with Gasteiger partial charge in [-0.3, -0.25) is 15.0 Å². The van der Waals surface area contributed by atoms with Crippen LogP contribution in [-0.2, 0) is 15.1 Å². The van der Waals surface area contributed by atoms with Gasteiger partial charge < -0.3 is 9.64 Å². The maximum atomic E-state index is 13.0. The first kappa shape index (κ1) is 19.1. The van der Waals surface area contributed by atoms with E-state index in [1.807, 2.05) is 19.2 Å². The molecule has 2 aliphatic heterocycles. The summed E-state index contributed by atoms with van der Waals surface area (Å²) >= 11 is 7.55. The minimum atomic E-state index is -0.750. The second-order valence-electron chi connectivity index (χ2n) is 7.74. The average molecular weight is 399 g/mol. The van der Waals surface area contributed by atoms with Crippen LogP contribution in [0.2, 0.25) is 4.34 Å². The van der Waals surface area contributed by atoms with Gasteiger partial charge in [-0.1, -0.05) is 11.6 Å². The van der Waals surface area contributed by atoms with Crippen LogP contribution in [0, 0.1) is 5.92 Å². The summed E-state index contributed by atoms with van der Waals surface area (Å²) in [6, 6.07) is 3.72. The van der Waals surface area contributed by atoms with E-state index in [-0.39, 0.29) is 17.8 Å². The molecule has 9 heteroatoms. The molecule has 1 aromatic rings. The minimum Gasteiger partial charge on any atom is -0.444 e. The number of thiophene rings is 1. The number of guanidine groups is 1. The molecular formula is C17H23ClN4O3S. The number of likely N-dealkylation sites (tertiary alicyclic amines) is 1. The highest BCUT2D eigenvalue weighted by Gasteiger charge is 2.55. The zero-order valence-corrected chi connectivity index (χ0v) is 17.1. The molecule has 0 radical (unpaired) electrons. The number of halogens is 1. The molecule has 26 heavy (non-hydrogen) atoms. The Morgan fingerprint density at radius 2 is 2.12 bits per heavy atom. The van der Waals surface area contributed by atoms with Gasteiger partial charge in [0.05, 0.1) is 10.3 Å². The Kier molecular flexibility index (Phi) is 4.79. The lowest BCUT2D eigenvalue weighted by molar-refractivity contribution is -0.132. The first-order chi connectivity index (χ1) is 12.0. The van der Waals surface area contributed by atoms with Crippen molar-refractivity contribution in [2.24, 2.45) is 10.9 Å². The first-order valence-electron chi connectivity index (χ1n) is 8.33. The molecule has 1 aromatic heterocycles. The summed E-state index contributed by atoms with van der Waals surface area (Å²) in [5.74, 6) is -0.211. The predicted molar refractivity (Wildman–Crippen MR) is 102 cm³/mol. The topological polar surface area (TPSA) is 74.2 Å². The maximum absolute atomic E-state index is 13.0. The Labute approximate surface area is 162 Å². The number of likely N-dealkylation sites (N-methyl/N-ethyl adjacent to an activating group) is 1. The number of carbonyl (C=O) groups excluding carboxylic acids is 2. The molecule has 3 heterocycles. The van der Waals surface area contributed by atoms with E-state index in [1.165, 1.54) is 16.2 Å². The molecule has 0 spiro atoms. The molecule has 1 fully saturated rings. The molecule has 142 valence electrons. The molecule has 0 aliphatic carbocycles. The lowest BCUT2D eigenvalue weighted by atomic mass is 9.84. The quantitative estimate of drug-likeness (QED) is 0.788. The Hall–Kier alpha value is -1.64. The second-order valence-corrected chi connectivity index (χ2v) is 9.45. The van der Waals surface area contributed by atoms with Crippen molar-refractivity contribution in [3.05, 3.63) is 21.3 Å². The fourth-order valence-electron chi connectivity index (χ4n) is 3.41. The fraction of sp³-hybridized carbons (Fsp3) is 0.588. The summed E-state index contributed by atoms with van der Waals surface area (Å²) < 4.78 is 5.95. The van der Waals surface area contributed by atoms with Crippen LogP contribution in [0.1, 0.15) is 25.6 Å². The highest BCUT2D eigenvalue weighted by molar-refractivity contribution is 7.16. The number of hydrogen-bond acceptors (Lipinski definition) is 6. The van der Waals surface area contributed by atoms with Gasteiger partial charge in [-0.2, -0.15) is 0 Å². The van der Waals surface area contributed by atoms with Crippen molar-refractivity contribution in [1.82, 2.24) is 15.1 Å². The zero-order valence-electron chi connectivity index (χ0n) is 15.5. The molecule has 7 nitrogen and oxygen atoms in total. The second kappa shape index (κ2) is 6.51. The van der Waals surface area contributed by atoms with Crippen molar-refractivity contribution in [1.29, 1.82) is 0 Å². The third kappa shape index (κ3) is 3.45. The first-order valence-corrected chi connectivity index (χ1v) is 9.53. The summed E-state index contributed by atoms with van der Waals surface area (Å²) in [5, 5.41) is 2.63. The highest BCUT2D eigenvalue weighted by atomic mass is 35.5. The molecule has 1 saturated heterocycles. The van der Waals surface area contributed by atoms with E-state index in [0.717, 1.165) is 4.88 Å². The summed E-state index contributed by atoms with van der Waals surface area (Å²) in [7, 11) is 3.57. The number of aliphatic imine (C=N–C) groups is 1. The van der Waals surface area contributed by atoms with E-state index in [2.05, 4.69) is 10.2 Å². The van der Waals surface area contributed by atoms with Crippen molar-refractivity contribution in [2.75, 3.05) is 27.2 Å². The van der Waals surface area contributed by atoms with Gasteiger partial charge in [-0.05, 0) is 40.0 Å². The highest BCUT2D eigenvalue weighted by Crippen LogP contribution is 2.46. The van der Waals surface area contributed by atoms with Gasteiger partial charge >= 0.3 is 6.09 Å². The lowest BCUT2D eigenvalue weighted by Crippen LogP contribution is -2.56. The monoisotopic (exact) mass is 398 g/mol. The lowest BCUT2D eigenvalue weighted by Gasteiger charge is -2.38. The molecule has 0 saturated carbocycles. The number of amides is 2. The third-order valence-electron chi connectivity index (χ3n) is 4.45. The number of alkyl carbamates (subject to hydrolysis) is 1. The largest absolute Gasteiger partial charge is 0.444 e. The average Bonchev–Trinajstić information content (AvgIpc) is 3.07. The van der Waals surface area contributed by atoms with Crippen LogP contribution in [0.4, 0.5) is 4.79 Å². The smallest absolute Gasteiger partial charge is 0.414 e. The van der Waals surface area contributed by atoms with E-state index in [1.54, 1.807) is 27.8 Å². The van der Waals surface area contributed by atoms with Gasteiger partial charge in [-0.25, -0.2) is 9.79 Å². The Balaban J connectivity index is 2.00. The molecular weight excluding hydrogens is 376 g/mol. The van der Waals surface area contributed by atoms with E-state index in [9.17, 15) is 9.59 Å². The van der Waals surface area contributed by atoms with Gasteiger partial charge in [0.25, 0.3) is 0 Å². The van der Waals surface area contributed by atoms with Crippen LogP contribution in [0.25, 0.3) is 0 Å².